The summed E-state index contributed by atoms with van der Waals surface area (Å²) in [5.74, 6) is 1.05. The molecule has 2 aromatic carbocycles. The van der Waals surface area contributed by atoms with E-state index in [2.05, 4.69) is 78.3 Å². The third kappa shape index (κ3) is 10.4. The molecule has 0 saturated heterocycles. The molecule has 1 unspecified atom stereocenters. The molecular formula is C28H37ClN2S2. The first-order valence-corrected chi connectivity index (χ1v) is 13.3. The van der Waals surface area contributed by atoms with E-state index in [1.165, 1.54) is 11.1 Å². The van der Waals surface area contributed by atoms with Crippen molar-refractivity contribution in [1.82, 2.24) is 4.90 Å². The van der Waals surface area contributed by atoms with Crippen LogP contribution in [0.4, 0.5) is 5.69 Å². The maximum Gasteiger partial charge on any atom is 0.0831 e. The lowest BCUT2D eigenvalue weighted by Gasteiger charge is -2.25. The van der Waals surface area contributed by atoms with Crippen LogP contribution in [0.15, 0.2) is 67.3 Å². The predicted molar refractivity (Wildman–Crippen MR) is 154 cm³/mol. The Labute approximate surface area is 216 Å². The van der Waals surface area contributed by atoms with E-state index in [-0.39, 0.29) is 0 Å². The van der Waals surface area contributed by atoms with Crippen molar-refractivity contribution >= 4 is 51.7 Å². The fourth-order valence-electron chi connectivity index (χ4n) is 3.90. The molecule has 5 heteroatoms. The molecule has 2 rings (SSSR count). The number of hydrogen-bond donors (Lipinski definition) is 1. The standard InChI is InChI=1S/C28H37ClN2S2/c1-3-12-25(20-23-13-7-5-8-14-23)28(33)30-26-16-11-15-24(21-26)22-31(19-4-2)27(32)17-9-6-10-18-29/h4-5,7-8,11,13-16,21,25H,2-3,6,9-10,12,17-20,22H2,1H3,(H,30,33). The van der Waals surface area contributed by atoms with Crippen LogP contribution < -0.4 is 5.32 Å². The van der Waals surface area contributed by atoms with Gasteiger partial charge in [-0.05, 0) is 55.4 Å². The average molecular weight is 501 g/mol. The Balaban J connectivity index is 2.01. The minimum Gasteiger partial charge on any atom is -0.358 e. The summed E-state index contributed by atoms with van der Waals surface area (Å²) in [6.07, 6.45) is 9.22. The number of nitrogens with one attached hydrogen (secondary N) is 1. The normalized spacial score (nSPS) is 11.6. The van der Waals surface area contributed by atoms with E-state index in [1.807, 2.05) is 6.08 Å². The van der Waals surface area contributed by atoms with Crippen molar-refractivity contribution in [2.75, 3.05) is 17.7 Å². The lowest BCUT2D eigenvalue weighted by Crippen LogP contribution is -2.29. The van der Waals surface area contributed by atoms with Crippen LogP contribution in [0.5, 0.6) is 0 Å². The third-order valence-corrected chi connectivity index (χ3v) is 6.79. The Morgan fingerprint density at radius 2 is 1.82 bits per heavy atom. The van der Waals surface area contributed by atoms with Crippen LogP contribution >= 0.6 is 36.0 Å². The lowest BCUT2D eigenvalue weighted by molar-refractivity contribution is 0.452. The molecule has 0 aliphatic rings. The highest BCUT2D eigenvalue weighted by molar-refractivity contribution is 7.80. The van der Waals surface area contributed by atoms with E-state index in [4.69, 9.17) is 36.0 Å². The second-order valence-electron chi connectivity index (χ2n) is 8.43. The van der Waals surface area contributed by atoms with E-state index < -0.39 is 0 Å². The molecule has 0 fully saturated rings. The highest BCUT2D eigenvalue weighted by Gasteiger charge is 2.15. The maximum atomic E-state index is 5.84. The van der Waals surface area contributed by atoms with Crippen molar-refractivity contribution in [1.29, 1.82) is 0 Å². The number of anilines is 1. The number of hydrogen-bond acceptors (Lipinski definition) is 2. The molecule has 178 valence electrons. The van der Waals surface area contributed by atoms with E-state index in [9.17, 15) is 0 Å². The van der Waals surface area contributed by atoms with Gasteiger partial charge in [-0.3, -0.25) is 0 Å². The molecule has 0 aliphatic heterocycles. The third-order valence-electron chi connectivity index (χ3n) is 5.63. The molecule has 0 saturated carbocycles. The van der Waals surface area contributed by atoms with Gasteiger partial charge >= 0.3 is 0 Å². The average Bonchev–Trinajstić information content (AvgIpc) is 2.82. The summed E-state index contributed by atoms with van der Waals surface area (Å²) in [4.78, 5) is 4.13. The van der Waals surface area contributed by atoms with Crippen LogP contribution in [0.25, 0.3) is 0 Å². The number of thiocarbonyl (C=S) groups is 2. The molecule has 33 heavy (non-hydrogen) atoms. The van der Waals surface area contributed by atoms with Gasteiger partial charge in [-0.2, -0.15) is 0 Å². The van der Waals surface area contributed by atoms with Crippen LogP contribution in [0.2, 0.25) is 0 Å². The van der Waals surface area contributed by atoms with Crippen molar-refractivity contribution in [3.8, 4) is 0 Å². The molecule has 0 bridgehead atoms. The zero-order chi connectivity index (χ0) is 23.9. The van der Waals surface area contributed by atoms with Crippen molar-refractivity contribution < 1.29 is 0 Å². The van der Waals surface area contributed by atoms with Gasteiger partial charge in [-0.25, -0.2) is 0 Å². The Morgan fingerprint density at radius 3 is 2.52 bits per heavy atom. The second-order valence-corrected chi connectivity index (χ2v) is 9.72. The van der Waals surface area contributed by atoms with Crippen LogP contribution in [0.1, 0.15) is 56.6 Å². The quantitative estimate of drug-likeness (QED) is 0.115. The summed E-state index contributed by atoms with van der Waals surface area (Å²) in [6.45, 7) is 7.65. The molecule has 0 amide bonds. The van der Waals surface area contributed by atoms with E-state index in [1.54, 1.807) is 0 Å². The van der Waals surface area contributed by atoms with Gasteiger partial charge in [0.15, 0.2) is 0 Å². The fourth-order valence-corrected chi connectivity index (χ4v) is 4.69. The molecular weight excluding hydrogens is 464 g/mol. The number of rotatable bonds is 15. The first-order valence-electron chi connectivity index (χ1n) is 12.0. The summed E-state index contributed by atoms with van der Waals surface area (Å²) in [7, 11) is 0. The highest BCUT2D eigenvalue weighted by atomic mass is 35.5. The van der Waals surface area contributed by atoms with Gasteiger partial charge < -0.3 is 10.2 Å². The monoisotopic (exact) mass is 500 g/mol. The van der Waals surface area contributed by atoms with Crippen LogP contribution in [-0.4, -0.2) is 27.3 Å². The van der Waals surface area contributed by atoms with Gasteiger partial charge in [-0.1, -0.05) is 92.7 Å². The van der Waals surface area contributed by atoms with E-state index in [0.29, 0.717) is 5.92 Å². The zero-order valence-electron chi connectivity index (χ0n) is 19.8. The molecule has 0 spiro atoms. The van der Waals surface area contributed by atoms with E-state index >= 15 is 0 Å². The van der Waals surface area contributed by atoms with Crippen LogP contribution in [0, 0.1) is 5.92 Å². The van der Waals surface area contributed by atoms with Crippen LogP contribution in [0.3, 0.4) is 0 Å². The maximum absolute atomic E-state index is 5.84. The summed E-state index contributed by atoms with van der Waals surface area (Å²) in [6, 6.07) is 19.1. The van der Waals surface area contributed by atoms with Crippen molar-refractivity contribution in [2.24, 2.45) is 5.92 Å². The molecule has 2 nitrogen and oxygen atoms in total. The number of nitrogens with zero attached hydrogens (tertiary/aromatic N) is 1. The Hall–Kier alpha value is -1.75. The van der Waals surface area contributed by atoms with Crippen molar-refractivity contribution in [2.45, 2.75) is 58.4 Å². The van der Waals surface area contributed by atoms with Gasteiger partial charge in [0.25, 0.3) is 0 Å². The largest absolute Gasteiger partial charge is 0.358 e. The van der Waals surface area contributed by atoms with Crippen molar-refractivity contribution in [3.63, 3.8) is 0 Å². The van der Waals surface area contributed by atoms with Gasteiger partial charge in [0.2, 0.25) is 0 Å². The molecule has 1 N–H and O–H groups in total. The summed E-state index contributed by atoms with van der Waals surface area (Å²) in [5, 5.41) is 3.52. The smallest absolute Gasteiger partial charge is 0.0831 e. The lowest BCUT2D eigenvalue weighted by atomic mass is 9.94. The van der Waals surface area contributed by atoms with Crippen LogP contribution in [-0.2, 0) is 13.0 Å². The Bertz CT molecular complexity index is 869. The summed E-state index contributed by atoms with van der Waals surface area (Å²) >= 11 is 17.4. The topological polar surface area (TPSA) is 15.3 Å². The molecule has 1 atom stereocenters. The minimum absolute atomic E-state index is 0.328. The minimum atomic E-state index is 0.328. The number of unbranched alkanes of at least 4 members (excludes halogenated alkanes) is 2. The summed E-state index contributed by atoms with van der Waals surface area (Å²) in [5.41, 5.74) is 3.58. The molecule has 2 aromatic rings. The molecule has 0 aliphatic carbocycles. The summed E-state index contributed by atoms with van der Waals surface area (Å²) < 4.78 is 0. The van der Waals surface area contributed by atoms with Gasteiger partial charge in [-0.15, -0.1) is 18.2 Å². The molecule has 0 heterocycles. The Morgan fingerprint density at radius 1 is 1.06 bits per heavy atom. The van der Waals surface area contributed by atoms with Gasteiger partial charge in [0, 0.05) is 30.6 Å². The first kappa shape index (κ1) is 27.5. The van der Waals surface area contributed by atoms with Gasteiger partial charge in [0.1, 0.15) is 0 Å². The molecule has 0 radical (unpaired) electrons. The van der Waals surface area contributed by atoms with E-state index in [0.717, 1.165) is 79.6 Å². The molecule has 0 aromatic heterocycles. The SMILES string of the molecule is C=CCN(Cc1cccc(NC(=S)C(CCC)Cc2ccccc2)c1)C(=S)CCCCCCl. The highest BCUT2D eigenvalue weighted by Crippen LogP contribution is 2.20. The predicted octanol–water partition coefficient (Wildman–Crippen LogP) is 8.20. The zero-order valence-corrected chi connectivity index (χ0v) is 22.2. The number of alkyl halides is 1. The fraction of sp³-hybridized carbons (Fsp3) is 0.429. The van der Waals surface area contributed by atoms with Gasteiger partial charge in [0.05, 0.1) is 9.98 Å². The Kier molecular flexibility index (Phi) is 13.3. The first-order chi connectivity index (χ1) is 16.1. The van der Waals surface area contributed by atoms with Crippen molar-refractivity contribution in [3.05, 3.63) is 78.4 Å². The second kappa shape index (κ2) is 16.0. The number of halogens is 1. The number of benzene rings is 2.